The lowest BCUT2D eigenvalue weighted by Crippen LogP contribution is -2.10. The number of aryl methyl sites for hydroxylation is 1. The third kappa shape index (κ3) is 4.51. The molecule has 1 aliphatic carbocycles. The highest BCUT2D eigenvalue weighted by molar-refractivity contribution is 5.64. The van der Waals surface area contributed by atoms with E-state index < -0.39 is 0 Å². The Kier molecular flexibility index (Phi) is 5.76. The largest absolute Gasteiger partial charge is 0.0945 e. The topological polar surface area (TPSA) is 0 Å². The summed E-state index contributed by atoms with van der Waals surface area (Å²) in [5, 5.41) is 0. The highest BCUT2D eigenvalue weighted by Crippen LogP contribution is 2.27. The Bertz CT molecular complexity index is 686. The Hall–Kier alpha value is -2.00. The van der Waals surface area contributed by atoms with Gasteiger partial charge in [-0.1, -0.05) is 68.5 Å². The molecule has 0 atom stereocenters. The van der Waals surface area contributed by atoms with Crippen molar-refractivity contribution in [1.29, 1.82) is 0 Å². The predicted molar refractivity (Wildman–Crippen MR) is 104 cm³/mol. The minimum Gasteiger partial charge on any atom is -0.0945 e. The van der Waals surface area contributed by atoms with E-state index in [1.54, 1.807) is 0 Å². The van der Waals surface area contributed by atoms with Crippen molar-refractivity contribution in [3.05, 3.63) is 59.7 Å². The molecule has 0 amide bonds. The van der Waals surface area contributed by atoms with Crippen molar-refractivity contribution in [2.75, 3.05) is 0 Å². The maximum atomic E-state index is 3.49. The van der Waals surface area contributed by atoms with Crippen molar-refractivity contribution in [2.24, 2.45) is 11.8 Å². The Balaban J connectivity index is 1.65. The third-order valence-electron chi connectivity index (χ3n) is 5.15. The van der Waals surface area contributed by atoms with E-state index in [4.69, 9.17) is 0 Å². The molecule has 124 valence electrons. The van der Waals surface area contributed by atoms with Crippen LogP contribution in [0.5, 0.6) is 0 Å². The van der Waals surface area contributed by atoms with Crippen LogP contribution in [-0.2, 0) is 6.42 Å². The van der Waals surface area contributed by atoms with Gasteiger partial charge in [-0.25, -0.2) is 0 Å². The number of rotatable bonds is 3. The van der Waals surface area contributed by atoms with E-state index in [0.29, 0.717) is 5.92 Å². The molecular formula is C24H28. The quantitative estimate of drug-likeness (QED) is 0.568. The highest BCUT2D eigenvalue weighted by Gasteiger charge is 2.15. The van der Waals surface area contributed by atoms with Crippen LogP contribution in [0.4, 0.5) is 0 Å². The first-order valence-electron chi connectivity index (χ1n) is 9.45. The van der Waals surface area contributed by atoms with Gasteiger partial charge in [-0.3, -0.25) is 0 Å². The smallest absolute Gasteiger partial charge is 0.0245 e. The molecule has 0 nitrogen and oxygen atoms in total. The molecule has 0 N–H and O–H groups in total. The second-order valence-corrected chi connectivity index (χ2v) is 7.25. The molecule has 24 heavy (non-hydrogen) atoms. The SMILES string of the molecule is CCCc1ccc(-c2ccc(C#C[C@H]3CC[C@H](C)CC3)cc2)cc1. The van der Waals surface area contributed by atoms with Crippen molar-refractivity contribution in [2.45, 2.75) is 52.4 Å². The molecule has 0 bridgehead atoms. The van der Waals surface area contributed by atoms with Crippen LogP contribution >= 0.6 is 0 Å². The van der Waals surface area contributed by atoms with E-state index in [-0.39, 0.29) is 0 Å². The first kappa shape index (κ1) is 16.8. The van der Waals surface area contributed by atoms with Gasteiger partial charge in [-0.2, -0.15) is 0 Å². The minimum absolute atomic E-state index is 0.604. The lowest BCUT2D eigenvalue weighted by Gasteiger charge is -2.21. The van der Waals surface area contributed by atoms with Crippen molar-refractivity contribution in [1.82, 2.24) is 0 Å². The summed E-state index contributed by atoms with van der Waals surface area (Å²) in [5.74, 6) is 8.37. The van der Waals surface area contributed by atoms with Gasteiger partial charge in [0.2, 0.25) is 0 Å². The Morgan fingerprint density at radius 3 is 2.00 bits per heavy atom. The molecule has 1 aliphatic rings. The second kappa shape index (κ2) is 8.20. The first-order valence-corrected chi connectivity index (χ1v) is 9.45. The van der Waals surface area contributed by atoms with Gasteiger partial charge < -0.3 is 0 Å². The van der Waals surface area contributed by atoms with E-state index in [0.717, 1.165) is 17.9 Å². The maximum absolute atomic E-state index is 3.49. The molecule has 0 spiro atoms. The molecular weight excluding hydrogens is 288 g/mol. The predicted octanol–water partition coefficient (Wildman–Crippen LogP) is 6.48. The van der Waals surface area contributed by atoms with Gasteiger partial charge in [0.1, 0.15) is 0 Å². The van der Waals surface area contributed by atoms with Crippen LogP contribution in [0, 0.1) is 23.7 Å². The third-order valence-corrected chi connectivity index (χ3v) is 5.15. The molecule has 0 saturated heterocycles. The first-order chi connectivity index (χ1) is 11.7. The standard InChI is InChI=1S/C24H28/c1-3-4-20-11-15-23(16-12-20)24-17-13-22(14-18-24)10-9-21-7-5-19(2)6-8-21/h11-19,21H,3-8H2,1-2H3/t19-,21-. The second-order valence-electron chi connectivity index (χ2n) is 7.25. The van der Waals surface area contributed by atoms with Gasteiger partial charge in [0.25, 0.3) is 0 Å². The fourth-order valence-corrected chi connectivity index (χ4v) is 3.49. The molecule has 1 fully saturated rings. The number of hydrogen-bond acceptors (Lipinski definition) is 0. The van der Waals surface area contributed by atoms with Crippen LogP contribution in [0.15, 0.2) is 48.5 Å². The van der Waals surface area contributed by atoms with Crippen LogP contribution in [-0.4, -0.2) is 0 Å². The van der Waals surface area contributed by atoms with Crippen LogP contribution in [0.25, 0.3) is 11.1 Å². The summed E-state index contributed by atoms with van der Waals surface area (Å²) in [6.45, 7) is 4.58. The lowest BCUT2D eigenvalue weighted by atomic mass is 9.83. The summed E-state index contributed by atoms with van der Waals surface area (Å²) in [6.07, 6.45) is 7.59. The van der Waals surface area contributed by atoms with E-state index in [9.17, 15) is 0 Å². The average molecular weight is 316 g/mol. The molecule has 0 aliphatic heterocycles. The summed E-state index contributed by atoms with van der Waals surface area (Å²) in [5.41, 5.74) is 5.12. The summed E-state index contributed by atoms with van der Waals surface area (Å²) < 4.78 is 0. The molecule has 2 aromatic rings. The fraction of sp³-hybridized carbons (Fsp3) is 0.417. The molecule has 0 heteroatoms. The number of benzene rings is 2. The number of hydrogen-bond donors (Lipinski definition) is 0. The average Bonchev–Trinajstić information content (AvgIpc) is 2.63. The minimum atomic E-state index is 0.604. The monoisotopic (exact) mass is 316 g/mol. The molecule has 2 aromatic carbocycles. The van der Waals surface area contributed by atoms with E-state index in [2.05, 4.69) is 74.2 Å². The van der Waals surface area contributed by atoms with Crippen LogP contribution in [0.3, 0.4) is 0 Å². The van der Waals surface area contributed by atoms with Crippen molar-refractivity contribution >= 4 is 0 Å². The van der Waals surface area contributed by atoms with Gasteiger partial charge in [0.15, 0.2) is 0 Å². The zero-order chi connectivity index (χ0) is 16.8. The maximum Gasteiger partial charge on any atom is 0.0245 e. The van der Waals surface area contributed by atoms with Gasteiger partial charge in [0, 0.05) is 11.5 Å². The zero-order valence-electron chi connectivity index (χ0n) is 15.0. The molecule has 0 aromatic heterocycles. The summed E-state index contributed by atoms with van der Waals surface area (Å²) in [7, 11) is 0. The van der Waals surface area contributed by atoms with E-state index in [1.807, 2.05) is 0 Å². The summed E-state index contributed by atoms with van der Waals surface area (Å²) >= 11 is 0. The Labute approximate surface area is 147 Å². The molecule has 1 saturated carbocycles. The zero-order valence-corrected chi connectivity index (χ0v) is 15.0. The summed E-state index contributed by atoms with van der Waals surface area (Å²) in [6, 6.07) is 17.7. The van der Waals surface area contributed by atoms with E-state index in [1.165, 1.54) is 48.8 Å². The molecule has 0 heterocycles. The van der Waals surface area contributed by atoms with Crippen LogP contribution < -0.4 is 0 Å². The highest BCUT2D eigenvalue weighted by atomic mass is 14.2. The molecule has 0 unspecified atom stereocenters. The van der Waals surface area contributed by atoms with Gasteiger partial charge >= 0.3 is 0 Å². The molecule has 3 rings (SSSR count). The van der Waals surface area contributed by atoms with Crippen molar-refractivity contribution in [3.8, 4) is 23.0 Å². The Morgan fingerprint density at radius 2 is 1.42 bits per heavy atom. The van der Waals surface area contributed by atoms with Gasteiger partial charge in [-0.05, 0) is 66.8 Å². The molecule has 0 radical (unpaired) electrons. The van der Waals surface area contributed by atoms with Gasteiger partial charge in [0.05, 0.1) is 0 Å². The Morgan fingerprint density at radius 1 is 0.833 bits per heavy atom. The normalized spacial score (nSPS) is 20.2. The van der Waals surface area contributed by atoms with Crippen molar-refractivity contribution < 1.29 is 0 Å². The summed E-state index contributed by atoms with van der Waals surface area (Å²) in [4.78, 5) is 0. The fourth-order valence-electron chi connectivity index (χ4n) is 3.49. The lowest BCUT2D eigenvalue weighted by molar-refractivity contribution is 0.337. The van der Waals surface area contributed by atoms with Crippen LogP contribution in [0.1, 0.15) is 57.1 Å². The van der Waals surface area contributed by atoms with Gasteiger partial charge in [-0.15, -0.1) is 0 Å². The van der Waals surface area contributed by atoms with Crippen molar-refractivity contribution in [3.63, 3.8) is 0 Å². The van der Waals surface area contributed by atoms with Crippen LogP contribution in [0.2, 0.25) is 0 Å². The van der Waals surface area contributed by atoms with E-state index >= 15 is 0 Å².